The summed E-state index contributed by atoms with van der Waals surface area (Å²) in [4.78, 5) is 18.6. The lowest BCUT2D eigenvalue weighted by Crippen LogP contribution is -2.47. The second-order valence-electron chi connectivity index (χ2n) is 10.5. The lowest BCUT2D eigenvalue weighted by atomic mass is 9.69. The van der Waals surface area contributed by atoms with Crippen LogP contribution >= 0.6 is 0 Å². The Balaban J connectivity index is 1.57. The van der Waals surface area contributed by atoms with Crippen molar-refractivity contribution in [2.24, 2.45) is 21.7 Å². The zero-order chi connectivity index (χ0) is 24.1. The van der Waals surface area contributed by atoms with Crippen LogP contribution in [0.3, 0.4) is 0 Å². The minimum Gasteiger partial charge on any atom is -0.271 e. The number of alkyl halides is 1. The van der Waals surface area contributed by atoms with Gasteiger partial charge < -0.3 is 0 Å². The third kappa shape index (κ3) is 3.43. The molecule has 5 nitrogen and oxygen atoms in total. The molecule has 5 rings (SSSR count). The van der Waals surface area contributed by atoms with Gasteiger partial charge in [0.25, 0.3) is 5.91 Å². The molecule has 0 radical (unpaired) electrons. The van der Waals surface area contributed by atoms with Crippen molar-refractivity contribution in [2.45, 2.75) is 51.6 Å². The highest BCUT2D eigenvalue weighted by molar-refractivity contribution is 7.90. The number of hydrogen-bond acceptors (Lipinski definition) is 4. The van der Waals surface area contributed by atoms with Gasteiger partial charge in [0.1, 0.15) is 6.04 Å². The summed E-state index contributed by atoms with van der Waals surface area (Å²) in [5.74, 6) is -0.196. The first kappa shape index (κ1) is 23.2. The molecule has 2 bridgehead atoms. The Hall–Kier alpha value is -2.54. The highest BCUT2D eigenvalue weighted by Gasteiger charge is 2.72. The van der Waals surface area contributed by atoms with Crippen molar-refractivity contribution in [3.8, 4) is 0 Å². The molecule has 1 heterocycles. The molecule has 7 heteroatoms. The molecule has 180 valence electrons. The van der Waals surface area contributed by atoms with Gasteiger partial charge in [-0.25, -0.2) is 12.7 Å². The Labute approximate surface area is 201 Å². The SMILES string of the molecule is CC1(C)C2CC[C@]13CS(=O)(=O)N(C(=O)[C@@H](CCF)N=C(c1ccccc1)c1ccccc1)[C@H]3C2. The van der Waals surface area contributed by atoms with E-state index < -0.39 is 34.1 Å². The zero-order valence-electron chi connectivity index (χ0n) is 19.7. The fraction of sp³-hybridized carbons (Fsp3) is 0.481. The zero-order valence-corrected chi connectivity index (χ0v) is 20.5. The number of hydrogen-bond donors (Lipinski definition) is 0. The van der Waals surface area contributed by atoms with E-state index in [4.69, 9.17) is 4.99 Å². The highest BCUT2D eigenvalue weighted by Crippen LogP contribution is 2.70. The minimum absolute atomic E-state index is 0.00378. The number of amides is 1. The predicted molar refractivity (Wildman–Crippen MR) is 131 cm³/mol. The van der Waals surface area contributed by atoms with Crippen LogP contribution in [0.2, 0.25) is 0 Å². The van der Waals surface area contributed by atoms with E-state index >= 15 is 0 Å². The lowest BCUT2D eigenvalue weighted by molar-refractivity contribution is -0.130. The van der Waals surface area contributed by atoms with Crippen molar-refractivity contribution in [3.05, 3.63) is 71.8 Å². The third-order valence-electron chi connectivity index (χ3n) is 8.68. The second kappa shape index (κ2) is 8.29. The molecule has 1 aliphatic heterocycles. The fourth-order valence-electron chi connectivity index (χ4n) is 6.74. The summed E-state index contributed by atoms with van der Waals surface area (Å²) >= 11 is 0. The van der Waals surface area contributed by atoms with Gasteiger partial charge in [0, 0.05) is 23.0 Å². The summed E-state index contributed by atoms with van der Waals surface area (Å²) in [5.41, 5.74) is 1.60. The molecular formula is C27H31FN2O3S. The van der Waals surface area contributed by atoms with E-state index in [0.717, 1.165) is 28.3 Å². The molecule has 1 spiro atoms. The van der Waals surface area contributed by atoms with Gasteiger partial charge >= 0.3 is 0 Å². The maximum atomic E-state index is 13.8. The van der Waals surface area contributed by atoms with Gasteiger partial charge in [-0.2, -0.15) is 0 Å². The standard InChI is InChI=1S/C27H31FN2O3S/c1-26(2)21-13-15-27(26)18-34(32,33)30(23(27)17-21)25(31)22(14-16-28)29-24(19-9-5-3-6-10-19)20-11-7-4-8-12-20/h3-12,21-23H,13-18H2,1-2H3/t21?,22-,23+,27-/m1/s1. The van der Waals surface area contributed by atoms with Crippen LogP contribution in [-0.2, 0) is 14.8 Å². The van der Waals surface area contributed by atoms with Gasteiger partial charge in [0.15, 0.2) is 0 Å². The van der Waals surface area contributed by atoms with Crippen LogP contribution in [0.5, 0.6) is 0 Å². The molecule has 2 aliphatic carbocycles. The Morgan fingerprint density at radius 2 is 1.68 bits per heavy atom. The van der Waals surface area contributed by atoms with E-state index in [1.54, 1.807) is 0 Å². The monoisotopic (exact) mass is 482 g/mol. The average Bonchev–Trinajstić information content (AvgIpc) is 3.30. The van der Waals surface area contributed by atoms with Crippen LogP contribution in [0, 0.1) is 16.7 Å². The van der Waals surface area contributed by atoms with Crippen molar-refractivity contribution in [2.75, 3.05) is 12.4 Å². The number of nitrogens with zero attached hydrogens (tertiary/aromatic N) is 2. The molecule has 1 unspecified atom stereocenters. The number of rotatable bonds is 6. The molecule has 3 fully saturated rings. The average molecular weight is 483 g/mol. The van der Waals surface area contributed by atoms with E-state index in [9.17, 15) is 17.6 Å². The molecule has 1 amide bonds. The fourth-order valence-corrected chi connectivity index (χ4v) is 9.31. The number of aliphatic imine (C=N–C) groups is 1. The van der Waals surface area contributed by atoms with Crippen LogP contribution in [0.15, 0.2) is 65.7 Å². The molecule has 2 saturated carbocycles. The predicted octanol–water partition coefficient (Wildman–Crippen LogP) is 4.62. The first-order valence-corrected chi connectivity index (χ1v) is 13.6. The van der Waals surface area contributed by atoms with Gasteiger partial charge in [-0.15, -0.1) is 0 Å². The molecule has 34 heavy (non-hydrogen) atoms. The summed E-state index contributed by atoms with van der Waals surface area (Å²) in [6.45, 7) is 3.54. The smallest absolute Gasteiger partial charge is 0.261 e. The lowest BCUT2D eigenvalue weighted by Gasteiger charge is -2.37. The highest BCUT2D eigenvalue weighted by atomic mass is 32.2. The van der Waals surface area contributed by atoms with Crippen molar-refractivity contribution in [3.63, 3.8) is 0 Å². The van der Waals surface area contributed by atoms with Gasteiger partial charge in [0.2, 0.25) is 10.0 Å². The van der Waals surface area contributed by atoms with Crippen LogP contribution in [0.1, 0.15) is 50.7 Å². The minimum atomic E-state index is -3.80. The summed E-state index contributed by atoms with van der Waals surface area (Å²) in [7, 11) is -3.80. The van der Waals surface area contributed by atoms with Crippen LogP contribution in [-0.4, -0.2) is 48.9 Å². The number of carbonyl (C=O) groups excluding carboxylic acids is 1. The van der Waals surface area contributed by atoms with Crippen molar-refractivity contribution in [1.82, 2.24) is 4.31 Å². The summed E-state index contributed by atoms with van der Waals surface area (Å²) in [6, 6.07) is 17.4. The first-order valence-electron chi connectivity index (χ1n) is 12.0. The van der Waals surface area contributed by atoms with Crippen molar-refractivity contribution < 1.29 is 17.6 Å². The van der Waals surface area contributed by atoms with Gasteiger partial charge in [0.05, 0.1) is 24.2 Å². The van der Waals surface area contributed by atoms with E-state index in [1.165, 1.54) is 0 Å². The summed E-state index contributed by atoms with van der Waals surface area (Å²) < 4.78 is 41.6. The largest absolute Gasteiger partial charge is 0.271 e. The van der Waals surface area contributed by atoms with E-state index in [1.807, 2.05) is 60.7 Å². The second-order valence-corrected chi connectivity index (χ2v) is 12.3. The van der Waals surface area contributed by atoms with Crippen LogP contribution in [0.4, 0.5) is 4.39 Å². The van der Waals surface area contributed by atoms with E-state index in [0.29, 0.717) is 18.1 Å². The maximum Gasteiger partial charge on any atom is 0.261 e. The van der Waals surface area contributed by atoms with Gasteiger partial charge in [-0.1, -0.05) is 74.5 Å². The number of halogens is 1. The van der Waals surface area contributed by atoms with Crippen LogP contribution in [0.25, 0.3) is 0 Å². The molecule has 2 aromatic carbocycles. The topological polar surface area (TPSA) is 66.8 Å². The first-order chi connectivity index (χ1) is 16.2. The normalized spacial score (nSPS) is 29.0. The molecule has 0 N–H and O–H groups in total. The molecule has 0 aromatic heterocycles. The Kier molecular flexibility index (Phi) is 5.66. The summed E-state index contributed by atoms with van der Waals surface area (Å²) in [6.07, 6.45) is 2.35. The summed E-state index contributed by atoms with van der Waals surface area (Å²) in [5, 5.41) is 0. The maximum absolute atomic E-state index is 13.8. The van der Waals surface area contributed by atoms with Gasteiger partial charge in [-0.3, -0.25) is 14.2 Å². The third-order valence-corrected chi connectivity index (χ3v) is 10.6. The molecular weight excluding hydrogens is 451 g/mol. The Morgan fingerprint density at radius 3 is 2.21 bits per heavy atom. The van der Waals surface area contributed by atoms with E-state index in [2.05, 4.69) is 13.8 Å². The molecule has 4 atom stereocenters. The molecule has 2 aromatic rings. The Morgan fingerprint density at radius 1 is 1.09 bits per heavy atom. The molecule has 1 saturated heterocycles. The van der Waals surface area contributed by atoms with Gasteiger partial charge in [-0.05, 0) is 30.6 Å². The molecule has 3 aliphatic rings. The van der Waals surface area contributed by atoms with Crippen LogP contribution < -0.4 is 0 Å². The Bertz CT molecular complexity index is 1170. The van der Waals surface area contributed by atoms with Crippen molar-refractivity contribution in [1.29, 1.82) is 0 Å². The number of fused-ring (bicyclic) bond motifs is 1. The number of benzene rings is 2. The van der Waals surface area contributed by atoms with E-state index in [-0.39, 0.29) is 23.6 Å². The number of sulfonamides is 1. The van der Waals surface area contributed by atoms with Crippen molar-refractivity contribution >= 4 is 21.6 Å². The number of carbonyl (C=O) groups is 1. The quantitative estimate of drug-likeness (QED) is 0.565.